The Morgan fingerprint density at radius 1 is 1.33 bits per heavy atom. The number of rotatable bonds is 7. The number of hydrogen-bond acceptors (Lipinski definition) is 4. The number of carboxylic acid groups (broad SMARTS) is 1. The van der Waals surface area contributed by atoms with Gasteiger partial charge in [0.2, 0.25) is 15.9 Å². The van der Waals surface area contributed by atoms with Gasteiger partial charge in [-0.1, -0.05) is 15.9 Å². The van der Waals surface area contributed by atoms with E-state index in [0.29, 0.717) is 4.47 Å². The van der Waals surface area contributed by atoms with Crippen LogP contribution in [0.5, 0.6) is 0 Å². The molecule has 0 heterocycles. The van der Waals surface area contributed by atoms with Gasteiger partial charge in [0.15, 0.2) is 0 Å². The van der Waals surface area contributed by atoms with E-state index < -0.39 is 27.9 Å². The first kappa shape index (κ1) is 18.1. The van der Waals surface area contributed by atoms with Gasteiger partial charge in [-0.3, -0.25) is 9.59 Å². The fourth-order valence-electron chi connectivity index (χ4n) is 1.46. The summed E-state index contributed by atoms with van der Waals surface area (Å²) in [5, 5.41) is 9.01. The minimum absolute atomic E-state index is 0.101. The number of halogens is 2. The molecule has 0 aliphatic heterocycles. The second-order valence-corrected chi connectivity index (χ2v) is 7.54. The summed E-state index contributed by atoms with van der Waals surface area (Å²) in [6, 6.07) is 2.92. The van der Waals surface area contributed by atoms with Gasteiger partial charge < -0.3 is 10.8 Å². The summed E-state index contributed by atoms with van der Waals surface area (Å²) in [7, 11) is -4.05. The maximum atomic E-state index is 12.2. The Kier molecular flexibility index (Phi) is 6.32. The first-order valence-electron chi connectivity index (χ1n) is 5.62. The highest BCUT2D eigenvalue weighted by atomic mass is 79.9. The van der Waals surface area contributed by atoms with Gasteiger partial charge in [-0.05, 0) is 40.5 Å². The number of benzene rings is 1. The van der Waals surface area contributed by atoms with E-state index in [2.05, 4.69) is 31.9 Å². The summed E-state index contributed by atoms with van der Waals surface area (Å²) >= 11 is 6.29. The number of carbonyl (C=O) groups excluding carboxylic acids is 1. The standard InChI is InChI=1S/C11H12Br2N2O5S/c12-6-1-3-9(7(13)5-6)21(19,20)15-8(11(17)18)2-4-10(14)16/h1,3,5,8,15H,2,4H2,(H2,14,16)(H,17,18). The fourth-order valence-corrected chi connectivity index (χ4v) is 4.43. The number of nitrogens with two attached hydrogens (primary N) is 1. The summed E-state index contributed by atoms with van der Waals surface area (Å²) in [5.41, 5.74) is 4.93. The van der Waals surface area contributed by atoms with Gasteiger partial charge in [0.1, 0.15) is 6.04 Å². The largest absolute Gasteiger partial charge is 0.480 e. The predicted molar refractivity (Wildman–Crippen MR) is 82.0 cm³/mol. The van der Waals surface area contributed by atoms with Crippen molar-refractivity contribution in [2.75, 3.05) is 0 Å². The Hall–Kier alpha value is -0.970. The van der Waals surface area contributed by atoms with Crippen molar-refractivity contribution >= 4 is 53.8 Å². The van der Waals surface area contributed by atoms with Crippen LogP contribution < -0.4 is 10.5 Å². The highest BCUT2D eigenvalue weighted by Crippen LogP contribution is 2.25. The topological polar surface area (TPSA) is 127 Å². The number of aliphatic carboxylic acids is 1. The fraction of sp³-hybridized carbons (Fsp3) is 0.273. The van der Waals surface area contributed by atoms with E-state index in [1.165, 1.54) is 18.2 Å². The third-order valence-electron chi connectivity index (χ3n) is 2.46. The van der Waals surface area contributed by atoms with Crippen molar-refractivity contribution in [2.24, 2.45) is 5.73 Å². The number of amides is 1. The Balaban J connectivity index is 3.00. The number of carbonyl (C=O) groups is 2. The monoisotopic (exact) mass is 442 g/mol. The van der Waals surface area contributed by atoms with Gasteiger partial charge in [-0.15, -0.1) is 0 Å². The second kappa shape index (κ2) is 7.34. The average Bonchev–Trinajstić information content (AvgIpc) is 2.33. The molecule has 0 aliphatic carbocycles. The molecule has 1 atom stereocenters. The number of nitrogens with one attached hydrogen (secondary N) is 1. The molecule has 1 unspecified atom stereocenters. The highest BCUT2D eigenvalue weighted by molar-refractivity contribution is 9.11. The van der Waals surface area contributed by atoms with Crippen LogP contribution in [0, 0.1) is 0 Å². The lowest BCUT2D eigenvalue weighted by molar-refractivity contribution is -0.139. The third-order valence-corrected chi connectivity index (χ3v) is 5.40. The quantitative estimate of drug-likeness (QED) is 0.583. The Bertz CT molecular complexity index is 663. The Labute approximate surface area is 138 Å². The van der Waals surface area contributed by atoms with E-state index >= 15 is 0 Å². The van der Waals surface area contributed by atoms with Crippen LogP contribution in [0.25, 0.3) is 0 Å². The van der Waals surface area contributed by atoms with Gasteiger partial charge in [0.25, 0.3) is 0 Å². The molecule has 0 fully saturated rings. The van der Waals surface area contributed by atoms with Crippen LogP contribution in [0.2, 0.25) is 0 Å². The van der Waals surface area contributed by atoms with Crippen molar-refractivity contribution in [3.8, 4) is 0 Å². The number of carboxylic acids is 1. The van der Waals surface area contributed by atoms with Gasteiger partial charge in [0, 0.05) is 15.4 Å². The van der Waals surface area contributed by atoms with Crippen LogP contribution >= 0.6 is 31.9 Å². The zero-order valence-electron chi connectivity index (χ0n) is 10.5. The lowest BCUT2D eigenvalue weighted by Gasteiger charge is -2.15. The summed E-state index contributed by atoms with van der Waals surface area (Å²) < 4.78 is 27.4. The molecular weight excluding hydrogens is 432 g/mol. The third kappa shape index (κ3) is 5.38. The molecule has 1 rings (SSSR count). The van der Waals surface area contributed by atoms with E-state index in [4.69, 9.17) is 10.8 Å². The average molecular weight is 444 g/mol. The van der Waals surface area contributed by atoms with E-state index in [1.54, 1.807) is 0 Å². The first-order chi connectivity index (χ1) is 9.63. The first-order valence-corrected chi connectivity index (χ1v) is 8.69. The van der Waals surface area contributed by atoms with Crippen LogP contribution in [-0.4, -0.2) is 31.4 Å². The summed E-state index contributed by atoms with van der Waals surface area (Å²) in [6.07, 6.45) is -0.459. The molecule has 116 valence electrons. The van der Waals surface area contributed by atoms with Gasteiger partial charge in [-0.25, -0.2) is 8.42 Å². The minimum atomic E-state index is -4.05. The lowest BCUT2D eigenvalue weighted by Crippen LogP contribution is -2.41. The molecule has 0 aromatic heterocycles. The number of primary amides is 1. The lowest BCUT2D eigenvalue weighted by atomic mass is 10.2. The molecule has 0 spiro atoms. The summed E-state index contributed by atoms with van der Waals surface area (Å²) in [5.74, 6) is -2.08. The van der Waals surface area contributed by atoms with E-state index in [0.717, 1.165) is 0 Å². The maximum absolute atomic E-state index is 12.2. The van der Waals surface area contributed by atoms with Crippen LogP contribution in [0.4, 0.5) is 0 Å². The molecule has 1 aromatic rings. The van der Waals surface area contributed by atoms with Crippen molar-refractivity contribution in [1.29, 1.82) is 0 Å². The van der Waals surface area contributed by atoms with Crippen LogP contribution in [0.3, 0.4) is 0 Å². The van der Waals surface area contributed by atoms with E-state index in [1.807, 2.05) is 4.72 Å². The van der Waals surface area contributed by atoms with Crippen molar-refractivity contribution in [3.63, 3.8) is 0 Å². The van der Waals surface area contributed by atoms with Crippen molar-refractivity contribution < 1.29 is 23.1 Å². The minimum Gasteiger partial charge on any atom is -0.480 e. The van der Waals surface area contributed by atoms with Crippen LogP contribution in [-0.2, 0) is 19.6 Å². The summed E-state index contributed by atoms with van der Waals surface area (Å²) in [4.78, 5) is 21.7. The molecule has 10 heteroatoms. The summed E-state index contributed by atoms with van der Waals surface area (Å²) in [6.45, 7) is 0. The molecular formula is C11H12Br2N2O5S. The number of sulfonamides is 1. The molecule has 1 aromatic carbocycles. The Morgan fingerprint density at radius 2 is 1.95 bits per heavy atom. The van der Waals surface area contributed by atoms with Gasteiger partial charge >= 0.3 is 5.97 Å². The molecule has 1 amide bonds. The molecule has 4 N–H and O–H groups in total. The highest BCUT2D eigenvalue weighted by Gasteiger charge is 2.27. The second-order valence-electron chi connectivity index (χ2n) is 4.09. The van der Waals surface area contributed by atoms with Crippen LogP contribution in [0.15, 0.2) is 32.0 Å². The molecule has 0 bridgehead atoms. The van der Waals surface area contributed by atoms with Crippen molar-refractivity contribution in [2.45, 2.75) is 23.8 Å². The molecule has 0 saturated carbocycles. The zero-order valence-corrected chi connectivity index (χ0v) is 14.5. The molecule has 0 radical (unpaired) electrons. The van der Waals surface area contributed by atoms with Gasteiger partial charge in [0.05, 0.1) is 4.90 Å². The van der Waals surface area contributed by atoms with Gasteiger partial charge in [-0.2, -0.15) is 4.72 Å². The molecule has 7 nitrogen and oxygen atoms in total. The van der Waals surface area contributed by atoms with Crippen molar-refractivity contribution in [1.82, 2.24) is 4.72 Å². The maximum Gasteiger partial charge on any atom is 0.321 e. The SMILES string of the molecule is NC(=O)CCC(NS(=O)(=O)c1ccc(Br)cc1Br)C(=O)O. The predicted octanol–water partition coefficient (Wildman–Crippen LogP) is 1.21. The number of hydrogen-bond donors (Lipinski definition) is 3. The zero-order chi connectivity index (χ0) is 16.2. The van der Waals surface area contributed by atoms with Crippen molar-refractivity contribution in [3.05, 3.63) is 27.1 Å². The smallest absolute Gasteiger partial charge is 0.321 e. The molecule has 0 aliphatic rings. The van der Waals surface area contributed by atoms with E-state index in [-0.39, 0.29) is 22.2 Å². The van der Waals surface area contributed by atoms with E-state index in [9.17, 15) is 18.0 Å². The normalized spacial score (nSPS) is 12.9. The molecule has 0 saturated heterocycles. The molecule has 21 heavy (non-hydrogen) atoms. The van der Waals surface area contributed by atoms with Crippen LogP contribution in [0.1, 0.15) is 12.8 Å². The Morgan fingerprint density at radius 3 is 2.43 bits per heavy atom.